The monoisotopic (exact) mass is 331 g/mol. The second-order valence-corrected chi connectivity index (χ2v) is 4.96. The second kappa shape index (κ2) is 7.19. The number of nitrogens with one attached hydrogen (secondary N) is 1. The predicted molar refractivity (Wildman–Crippen MR) is 75.3 cm³/mol. The van der Waals surface area contributed by atoms with Crippen molar-refractivity contribution in [3.05, 3.63) is 41.6 Å². The number of amides is 1. The lowest BCUT2D eigenvalue weighted by molar-refractivity contribution is 0.0978. The Morgan fingerprint density at radius 2 is 2.33 bits per heavy atom. The molecule has 0 saturated carbocycles. The Bertz CT molecular complexity index is 638. The molecule has 112 valence electrons. The minimum absolute atomic E-state index is 0.0141. The normalized spacial score (nSPS) is 10.4. The zero-order valence-corrected chi connectivity index (χ0v) is 12.2. The van der Waals surface area contributed by atoms with Crippen molar-refractivity contribution in [1.29, 1.82) is 0 Å². The number of hydrogen-bond acceptors (Lipinski definition) is 5. The first-order chi connectivity index (χ1) is 10.2. The molecule has 0 atom stereocenters. The lowest BCUT2D eigenvalue weighted by Crippen LogP contribution is -2.16. The van der Waals surface area contributed by atoms with Crippen LogP contribution in [0, 0.1) is 0 Å². The summed E-state index contributed by atoms with van der Waals surface area (Å²) >= 11 is 6.28. The van der Waals surface area contributed by atoms with Crippen LogP contribution in [0.15, 0.2) is 35.4 Å². The summed E-state index contributed by atoms with van der Waals surface area (Å²) in [7, 11) is 0. The van der Waals surface area contributed by atoms with Gasteiger partial charge in [-0.15, -0.1) is 4.85 Å². The summed E-state index contributed by atoms with van der Waals surface area (Å²) in [6.07, 6.45) is 1.30. The lowest BCUT2D eigenvalue weighted by atomic mass is 10.1. The molecule has 0 aliphatic rings. The van der Waals surface area contributed by atoms with Crippen molar-refractivity contribution >= 4 is 29.4 Å². The first kappa shape index (κ1) is 15.5. The molecule has 1 aromatic carbocycles. The zero-order chi connectivity index (χ0) is 15.2. The predicted octanol–water partition coefficient (Wildman–Crippen LogP) is 2.60. The molecule has 2 N–H and O–H groups in total. The molecular formula is C12H11ClFN3O3S. The molecule has 0 aliphatic heterocycles. The highest BCUT2D eigenvalue weighted by Gasteiger charge is 2.16. The van der Waals surface area contributed by atoms with Crippen molar-refractivity contribution < 1.29 is 19.1 Å². The number of aromatic nitrogens is 2. The van der Waals surface area contributed by atoms with Crippen molar-refractivity contribution in [2.75, 3.05) is 6.01 Å². The molecule has 1 heterocycles. The summed E-state index contributed by atoms with van der Waals surface area (Å²) in [6, 6.07) is 5.68. The quantitative estimate of drug-likeness (QED) is 0.483. The molecule has 0 saturated heterocycles. The second-order valence-electron chi connectivity index (χ2n) is 3.82. The van der Waals surface area contributed by atoms with Gasteiger partial charge in [-0.2, -0.15) is 0 Å². The molecule has 1 amide bonds. The summed E-state index contributed by atoms with van der Waals surface area (Å²) in [6.45, 7) is -0.0141. The van der Waals surface area contributed by atoms with Gasteiger partial charge in [0, 0.05) is 33.9 Å². The SMILES string of the molecule is O=C(NCl)c1cccc(SCF)c1COc1ccn(O)n1. The summed E-state index contributed by atoms with van der Waals surface area (Å²) in [5.74, 6) is -0.334. The Labute approximate surface area is 128 Å². The fourth-order valence-electron chi connectivity index (χ4n) is 1.69. The van der Waals surface area contributed by atoms with Crippen LogP contribution in [0.4, 0.5) is 4.39 Å². The van der Waals surface area contributed by atoms with Crippen LogP contribution in [0.1, 0.15) is 15.9 Å². The highest BCUT2D eigenvalue weighted by atomic mass is 35.5. The van der Waals surface area contributed by atoms with Gasteiger partial charge in [-0.05, 0) is 12.1 Å². The smallest absolute Gasteiger partial charge is 0.266 e. The van der Waals surface area contributed by atoms with Crippen LogP contribution in [-0.4, -0.2) is 27.1 Å². The largest absolute Gasteiger partial charge is 0.472 e. The molecule has 0 aliphatic carbocycles. The van der Waals surface area contributed by atoms with Crippen LogP contribution in [0.25, 0.3) is 0 Å². The van der Waals surface area contributed by atoms with Crippen LogP contribution in [0.5, 0.6) is 5.88 Å². The van der Waals surface area contributed by atoms with Crippen molar-refractivity contribution in [2.45, 2.75) is 11.5 Å². The first-order valence-corrected chi connectivity index (χ1v) is 7.11. The van der Waals surface area contributed by atoms with Gasteiger partial charge in [0.05, 0.1) is 6.20 Å². The van der Waals surface area contributed by atoms with E-state index < -0.39 is 11.9 Å². The molecular weight excluding hydrogens is 321 g/mol. The van der Waals surface area contributed by atoms with E-state index >= 15 is 0 Å². The number of nitrogens with zero attached hydrogens (tertiary/aromatic N) is 2. The number of alkyl halides is 1. The fourth-order valence-corrected chi connectivity index (χ4v) is 2.43. The zero-order valence-electron chi connectivity index (χ0n) is 10.6. The molecule has 9 heteroatoms. The summed E-state index contributed by atoms with van der Waals surface area (Å²) < 4.78 is 18.0. The molecule has 0 bridgehead atoms. The van der Waals surface area contributed by atoms with Gasteiger partial charge in [0.2, 0.25) is 5.88 Å². The van der Waals surface area contributed by atoms with Crippen molar-refractivity contribution in [3.63, 3.8) is 0 Å². The van der Waals surface area contributed by atoms with Crippen LogP contribution < -0.4 is 9.57 Å². The number of ether oxygens (including phenoxy) is 1. The number of benzene rings is 1. The Morgan fingerprint density at radius 3 is 2.95 bits per heavy atom. The highest BCUT2D eigenvalue weighted by Crippen LogP contribution is 2.27. The first-order valence-electron chi connectivity index (χ1n) is 5.75. The van der Waals surface area contributed by atoms with E-state index in [2.05, 4.69) is 5.10 Å². The average molecular weight is 332 g/mol. The van der Waals surface area contributed by atoms with Crippen molar-refractivity contribution in [1.82, 2.24) is 14.8 Å². The molecule has 21 heavy (non-hydrogen) atoms. The van der Waals surface area contributed by atoms with Crippen molar-refractivity contribution in [3.8, 4) is 5.88 Å². The molecule has 1 aromatic heterocycles. The minimum atomic E-state index is -0.635. The minimum Gasteiger partial charge on any atom is -0.472 e. The highest BCUT2D eigenvalue weighted by molar-refractivity contribution is 7.99. The van der Waals surface area contributed by atoms with Crippen LogP contribution >= 0.6 is 23.5 Å². The van der Waals surface area contributed by atoms with Crippen LogP contribution in [-0.2, 0) is 6.61 Å². The van der Waals surface area contributed by atoms with Crippen LogP contribution in [0.3, 0.4) is 0 Å². The van der Waals surface area contributed by atoms with Gasteiger partial charge < -0.3 is 9.94 Å². The van der Waals surface area contributed by atoms with E-state index in [0.29, 0.717) is 15.3 Å². The van der Waals surface area contributed by atoms with Gasteiger partial charge in [0.1, 0.15) is 12.6 Å². The van der Waals surface area contributed by atoms with Gasteiger partial charge in [0.15, 0.2) is 0 Å². The molecule has 2 rings (SSSR count). The van der Waals surface area contributed by atoms with Gasteiger partial charge >= 0.3 is 0 Å². The van der Waals surface area contributed by atoms with Gasteiger partial charge in [0.25, 0.3) is 5.91 Å². The van der Waals surface area contributed by atoms with Crippen LogP contribution in [0.2, 0.25) is 0 Å². The Hall–Kier alpha value is -1.93. The summed E-state index contributed by atoms with van der Waals surface area (Å²) in [5.41, 5.74) is 0.776. The van der Waals surface area contributed by atoms with E-state index in [-0.39, 0.29) is 18.1 Å². The standard InChI is InChI=1S/C12H11ClFN3O3S/c13-15-12(18)8-2-1-3-10(21-7-14)9(8)6-20-11-4-5-17(19)16-11/h1-5,19H,6-7H2,(H,15,18). The lowest BCUT2D eigenvalue weighted by Gasteiger charge is -2.12. The maximum Gasteiger partial charge on any atom is 0.266 e. The Morgan fingerprint density at radius 1 is 1.52 bits per heavy atom. The maximum atomic E-state index is 12.6. The third kappa shape index (κ3) is 3.79. The summed E-state index contributed by atoms with van der Waals surface area (Å²) in [5, 5.41) is 12.7. The van der Waals surface area contributed by atoms with E-state index in [1.165, 1.54) is 12.3 Å². The number of carbonyl (C=O) groups is 1. The average Bonchev–Trinajstić information content (AvgIpc) is 2.91. The van der Waals surface area contributed by atoms with Gasteiger partial charge in [-0.1, -0.05) is 22.9 Å². The molecule has 0 radical (unpaired) electrons. The van der Waals surface area contributed by atoms with E-state index in [1.54, 1.807) is 18.2 Å². The molecule has 0 fully saturated rings. The Kier molecular flexibility index (Phi) is 5.29. The van der Waals surface area contributed by atoms with E-state index in [1.807, 2.05) is 4.84 Å². The van der Waals surface area contributed by atoms with Gasteiger partial charge in [-0.25, -0.2) is 4.39 Å². The molecule has 0 spiro atoms. The third-order valence-electron chi connectivity index (χ3n) is 2.59. The van der Waals surface area contributed by atoms with E-state index in [0.717, 1.165) is 11.8 Å². The number of rotatable bonds is 6. The molecule has 2 aromatic rings. The molecule has 6 nitrogen and oxygen atoms in total. The third-order valence-corrected chi connectivity index (χ3v) is 3.56. The van der Waals surface area contributed by atoms with E-state index in [9.17, 15) is 9.18 Å². The van der Waals surface area contributed by atoms with Gasteiger partial charge in [-0.3, -0.25) is 9.63 Å². The molecule has 0 unspecified atom stereocenters. The fraction of sp³-hybridized carbons (Fsp3) is 0.167. The number of hydrogen-bond donors (Lipinski definition) is 2. The maximum absolute atomic E-state index is 12.6. The topological polar surface area (TPSA) is 76.4 Å². The number of halogens is 2. The van der Waals surface area contributed by atoms with Crippen molar-refractivity contribution in [2.24, 2.45) is 0 Å². The Balaban J connectivity index is 2.27. The van der Waals surface area contributed by atoms with E-state index in [4.69, 9.17) is 21.7 Å². The number of thioether (sulfide) groups is 1. The summed E-state index contributed by atoms with van der Waals surface area (Å²) in [4.78, 5) is 14.9. The number of carbonyl (C=O) groups excluding carboxylic acids is 1.